The van der Waals surface area contributed by atoms with Gasteiger partial charge in [-0.1, -0.05) is 23.2 Å². The second kappa shape index (κ2) is 12.6. The lowest BCUT2D eigenvalue weighted by molar-refractivity contribution is -0.0535. The molecule has 35 heavy (non-hydrogen) atoms. The van der Waals surface area contributed by atoms with Gasteiger partial charge in [0.15, 0.2) is 6.29 Å². The molecule has 1 N–H and O–H groups in total. The minimum Gasteiger partial charge on any atom is -0.459 e. The molecule has 6 atom stereocenters. The lowest BCUT2D eigenvalue weighted by atomic mass is 9.85. The number of carbonyl (C=O) groups excluding carboxylic acids is 1. The van der Waals surface area contributed by atoms with Crippen molar-refractivity contribution in [1.29, 1.82) is 0 Å². The molecule has 9 heteroatoms. The third-order valence-electron chi connectivity index (χ3n) is 6.79. The number of benzene rings is 1. The van der Waals surface area contributed by atoms with Crippen molar-refractivity contribution >= 4 is 52.1 Å². The van der Waals surface area contributed by atoms with Crippen molar-refractivity contribution in [3.8, 4) is 0 Å². The molecule has 2 fully saturated rings. The van der Waals surface area contributed by atoms with Gasteiger partial charge in [0.1, 0.15) is 17.6 Å². The maximum Gasteiger partial charge on any atom is 0.348 e. The zero-order valence-electron chi connectivity index (χ0n) is 19.6. The summed E-state index contributed by atoms with van der Waals surface area (Å²) < 4.78 is 16.2. The van der Waals surface area contributed by atoms with E-state index in [1.54, 1.807) is 6.07 Å². The minimum atomic E-state index is -0.391. The van der Waals surface area contributed by atoms with E-state index < -0.39 is 6.10 Å². The number of aryl methyl sites for hydroxylation is 2. The summed E-state index contributed by atoms with van der Waals surface area (Å²) >= 11 is 20.4. The highest BCUT2D eigenvalue weighted by atomic mass is 35.5. The number of esters is 1. The molecule has 1 aromatic heterocycles. The van der Waals surface area contributed by atoms with Crippen molar-refractivity contribution in [3.05, 3.63) is 55.7 Å². The summed E-state index contributed by atoms with van der Waals surface area (Å²) in [4.78, 5) is 14.1. The Hall–Kier alpha value is -0.860. The number of ether oxygens (including phenoxy) is 3. The Labute approximate surface area is 225 Å². The topological polar surface area (TPSA) is 65.0 Å². The fraction of sp³-hybridized carbons (Fsp3) is 0.577. The third kappa shape index (κ3) is 7.57. The highest BCUT2D eigenvalue weighted by Crippen LogP contribution is 2.42. The Morgan fingerprint density at radius 1 is 1.14 bits per heavy atom. The highest BCUT2D eigenvalue weighted by Gasteiger charge is 2.40. The Morgan fingerprint density at radius 2 is 1.91 bits per heavy atom. The Morgan fingerprint density at radius 3 is 2.63 bits per heavy atom. The maximum atomic E-state index is 12.4. The molecule has 2 aromatic rings. The van der Waals surface area contributed by atoms with Crippen molar-refractivity contribution in [1.82, 2.24) is 0 Å². The Balaban J connectivity index is 1.24. The molecule has 1 aliphatic carbocycles. The smallest absolute Gasteiger partial charge is 0.348 e. The van der Waals surface area contributed by atoms with E-state index in [4.69, 9.17) is 49.0 Å². The summed E-state index contributed by atoms with van der Waals surface area (Å²) in [5.41, 5.74) is 1.08. The second-order valence-electron chi connectivity index (χ2n) is 9.38. The van der Waals surface area contributed by atoms with Crippen molar-refractivity contribution in [2.75, 3.05) is 13.2 Å². The molecular formula is C26H31Cl3O5S. The summed E-state index contributed by atoms with van der Waals surface area (Å²) in [6.07, 6.45) is 4.15. The van der Waals surface area contributed by atoms with Gasteiger partial charge in [0.2, 0.25) is 0 Å². The van der Waals surface area contributed by atoms with E-state index in [9.17, 15) is 9.90 Å². The number of aliphatic hydroxyl groups excluding tert-OH is 1. The number of thiophene rings is 1. The van der Waals surface area contributed by atoms with E-state index in [0.717, 1.165) is 42.5 Å². The van der Waals surface area contributed by atoms with Crippen LogP contribution in [0.25, 0.3) is 0 Å². The average molecular weight is 562 g/mol. The summed E-state index contributed by atoms with van der Waals surface area (Å²) in [5.74, 6) is 0.0701. The molecule has 2 heterocycles. The van der Waals surface area contributed by atoms with Gasteiger partial charge < -0.3 is 19.3 Å². The number of rotatable bonds is 10. The van der Waals surface area contributed by atoms with Gasteiger partial charge in [-0.3, -0.25) is 0 Å². The van der Waals surface area contributed by atoms with E-state index >= 15 is 0 Å². The van der Waals surface area contributed by atoms with Crippen molar-refractivity contribution < 1.29 is 24.1 Å². The van der Waals surface area contributed by atoms with Gasteiger partial charge >= 0.3 is 5.97 Å². The molecule has 0 bridgehead atoms. The number of carbonyl (C=O) groups is 1. The summed E-state index contributed by atoms with van der Waals surface area (Å²) in [6.45, 7) is 2.46. The first-order chi connectivity index (χ1) is 16.8. The second-order valence-corrected chi connectivity index (χ2v) is 12.0. The molecule has 1 aliphatic heterocycles. The molecule has 0 amide bonds. The predicted molar refractivity (Wildman–Crippen MR) is 140 cm³/mol. The third-order valence-corrected chi connectivity index (χ3v) is 8.85. The van der Waals surface area contributed by atoms with Crippen LogP contribution in [0.4, 0.5) is 0 Å². The van der Waals surface area contributed by atoms with Crippen LogP contribution in [0.2, 0.25) is 10.0 Å². The molecule has 1 saturated carbocycles. The van der Waals surface area contributed by atoms with Crippen LogP contribution in [0.5, 0.6) is 0 Å². The van der Waals surface area contributed by atoms with E-state index in [0.29, 0.717) is 28.0 Å². The first kappa shape index (κ1) is 27.2. The van der Waals surface area contributed by atoms with Crippen LogP contribution in [0.3, 0.4) is 0 Å². The first-order valence-corrected chi connectivity index (χ1v) is 14.1. The molecule has 2 aliphatic rings. The van der Waals surface area contributed by atoms with Crippen molar-refractivity contribution in [2.45, 2.75) is 69.3 Å². The number of hydrogen-bond acceptors (Lipinski definition) is 6. The van der Waals surface area contributed by atoms with Crippen LogP contribution in [-0.2, 0) is 27.1 Å². The lowest BCUT2D eigenvalue weighted by Gasteiger charge is -2.23. The van der Waals surface area contributed by atoms with Crippen LogP contribution in [0.1, 0.15) is 52.7 Å². The average Bonchev–Trinajstić information content (AvgIpc) is 3.50. The van der Waals surface area contributed by atoms with Crippen LogP contribution in [-0.4, -0.2) is 48.2 Å². The summed E-state index contributed by atoms with van der Waals surface area (Å²) in [6, 6.07) is 9.39. The predicted octanol–water partition coefficient (Wildman–Crippen LogP) is 6.53. The van der Waals surface area contributed by atoms with Crippen LogP contribution < -0.4 is 0 Å². The SMILES string of the molecule is CC1OCC(COC(=O)c2ccc(CCCC3C(Cl)CC(O)C3CCc3cc(Cl)cc(Cl)c3)s2)O1. The summed E-state index contributed by atoms with van der Waals surface area (Å²) in [7, 11) is 0. The largest absolute Gasteiger partial charge is 0.459 e. The van der Waals surface area contributed by atoms with Gasteiger partial charge in [0.25, 0.3) is 0 Å². The zero-order valence-corrected chi connectivity index (χ0v) is 22.7. The molecule has 6 unspecified atom stereocenters. The van der Waals surface area contributed by atoms with Crippen LogP contribution >= 0.6 is 46.1 Å². The zero-order chi connectivity index (χ0) is 24.9. The fourth-order valence-electron chi connectivity index (χ4n) is 5.08. The molecule has 4 rings (SSSR count). The number of alkyl halides is 1. The highest BCUT2D eigenvalue weighted by molar-refractivity contribution is 7.13. The molecule has 1 saturated heterocycles. The molecular weight excluding hydrogens is 531 g/mol. The van der Waals surface area contributed by atoms with E-state index in [2.05, 4.69) is 0 Å². The van der Waals surface area contributed by atoms with Gasteiger partial charge in [-0.05, 0) is 93.2 Å². The molecule has 1 aromatic carbocycles. The van der Waals surface area contributed by atoms with Gasteiger partial charge in [-0.15, -0.1) is 22.9 Å². The van der Waals surface area contributed by atoms with E-state index in [-0.39, 0.29) is 42.2 Å². The molecule has 0 radical (unpaired) electrons. The van der Waals surface area contributed by atoms with Crippen LogP contribution in [0, 0.1) is 11.8 Å². The van der Waals surface area contributed by atoms with Gasteiger partial charge in [-0.25, -0.2) is 4.79 Å². The van der Waals surface area contributed by atoms with Gasteiger partial charge in [-0.2, -0.15) is 0 Å². The molecule has 5 nitrogen and oxygen atoms in total. The van der Waals surface area contributed by atoms with Crippen LogP contribution in [0.15, 0.2) is 30.3 Å². The Bertz CT molecular complexity index is 979. The quantitative estimate of drug-likeness (QED) is 0.264. The normalized spacial score (nSPS) is 28.5. The van der Waals surface area contributed by atoms with Crippen molar-refractivity contribution in [2.24, 2.45) is 11.8 Å². The van der Waals surface area contributed by atoms with Gasteiger partial charge in [0, 0.05) is 20.3 Å². The fourth-order valence-corrected chi connectivity index (χ4v) is 7.09. The molecule has 192 valence electrons. The minimum absolute atomic E-state index is 0.0312. The number of aliphatic hydroxyl groups is 1. The van der Waals surface area contributed by atoms with Crippen molar-refractivity contribution in [3.63, 3.8) is 0 Å². The lowest BCUT2D eigenvalue weighted by Crippen LogP contribution is -2.21. The number of hydrogen-bond donors (Lipinski definition) is 1. The summed E-state index contributed by atoms with van der Waals surface area (Å²) in [5, 5.41) is 11.9. The van der Waals surface area contributed by atoms with Gasteiger partial charge in [0.05, 0.1) is 12.7 Å². The molecule has 0 spiro atoms. The Kier molecular flexibility index (Phi) is 9.78. The first-order valence-electron chi connectivity index (χ1n) is 12.1. The monoisotopic (exact) mass is 560 g/mol. The standard InChI is InChI=1S/C26H31Cl3O5S/c1-15-32-13-19(34-15)14-33-26(31)25-8-6-20(35-25)3-2-4-21-22(24(30)12-23(21)29)7-5-16-9-17(27)11-18(28)10-16/h6,8-11,15,19,21-24,30H,2-5,7,12-14H2,1H3. The van der Waals surface area contributed by atoms with E-state index in [1.807, 2.05) is 31.2 Å². The maximum absolute atomic E-state index is 12.4. The van der Waals surface area contributed by atoms with E-state index in [1.165, 1.54) is 11.3 Å². The number of halogens is 3.